The molecule has 1 aromatic heterocycles. The Labute approximate surface area is 159 Å². The lowest BCUT2D eigenvalue weighted by Gasteiger charge is -2.36. The van der Waals surface area contributed by atoms with Crippen LogP contribution in [0.4, 0.5) is 4.79 Å². The second-order valence-electron chi connectivity index (χ2n) is 7.90. The van der Waals surface area contributed by atoms with E-state index in [2.05, 4.69) is 11.9 Å². The molecule has 0 radical (unpaired) electrons. The maximum atomic E-state index is 12.5. The molecule has 27 heavy (non-hydrogen) atoms. The molecule has 6 heteroatoms. The van der Waals surface area contributed by atoms with Crippen molar-refractivity contribution in [2.45, 2.75) is 57.5 Å². The van der Waals surface area contributed by atoms with E-state index in [0.717, 1.165) is 29.3 Å². The van der Waals surface area contributed by atoms with Gasteiger partial charge in [-0.25, -0.2) is 4.79 Å². The van der Waals surface area contributed by atoms with Crippen LogP contribution in [0.15, 0.2) is 30.5 Å². The number of fused-ring (bicyclic) bond motifs is 1. The summed E-state index contributed by atoms with van der Waals surface area (Å²) < 4.78 is 5.43. The molecule has 0 saturated heterocycles. The van der Waals surface area contributed by atoms with E-state index in [4.69, 9.17) is 16.2 Å². The fourth-order valence-corrected chi connectivity index (χ4v) is 4.56. The molecule has 146 valence electrons. The van der Waals surface area contributed by atoms with Crippen LogP contribution < -0.4 is 11.5 Å². The highest BCUT2D eigenvalue weighted by Crippen LogP contribution is 2.37. The van der Waals surface area contributed by atoms with E-state index in [1.54, 1.807) is 0 Å². The number of H-pyrrole nitrogens is 1. The molecule has 1 aliphatic rings. The van der Waals surface area contributed by atoms with Gasteiger partial charge < -0.3 is 21.2 Å². The van der Waals surface area contributed by atoms with Gasteiger partial charge in [0, 0.05) is 23.5 Å². The molecule has 1 fully saturated rings. The first-order valence-corrected chi connectivity index (χ1v) is 9.74. The zero-order valence-electron chi connectivity index (χ0n) is 15.9. The molecule has 5 N–H and O–H groups in total. The monoisotopic (exact) mass is 371 g/mol. The number of nitrogens with one attached hydrogen (secondary N) is 1. The Hall–Kier alpha value is -2.50. The average Bonchev–Trinajstić information content (AvgIpc) is 3.04. The summed E-state index contributed by atoms with van der Waals surface area (Å²) >= 11 is 0. The first-order valence-electron chi connectivity index (χ1n) is 9.74. The summed E-state index contributed by atoms with van der Waals surface area (Å²) in [6.07, 6.45) is 7.43. The van der Waals surface area contributed by atoms with E-state index in [9.17, 15) is 9.59 Å². The van der Waals surface area contributed by atoms with Crippen molar-refractivity contribution in [3.8, 4) is 0 Å². The number of para-hydroxylation sites is 1. The summed E-state index contributed by atoms with van der Waals surface area (Å²) in [4.78, 5) is 27.4. The van der Waals surface area contributed by atoms with Crippen LogP contribution >= 0.6 is 0 Å². The lowest BCUT2D eigenvalue weighted by atomic mass is 9.74. The number of aromatic nitrogens is 1. The van der Waals surface area contributed by atoms with Gasteiger partial charge in [-0.2, -0.15) is 0 Å². The Balaban J connectivity index is 1.91. The van der Waals surface area contributed by atoms with Gasteiger partial charge in [0.15, 0.2) is 5.60 Å². The molecular weight excluding hydrogens is 342 g/mol. The summed E-state index contributed by atoms with van der Waals surface area (Å²) in [5, 5.41) is 0.988. The molecule has 1 aromatic carbocycles. The molecule has 1 aliphatic carbocycles. The third-order valence-electron chi connectivity index (χ3n) is 6.00. The van der Waals surface area contributed by atoms with Crippen LogP contribution in [0.25, 0.3) is 10.9 Å². The third-order valence-corrected chi connectivity index (χ3v) is 6.00. The topological polar surface area (TPSA) is 111 Å². The van der Waals surface area contributed by atoms with Gasteiger partial charge in [0.2, 0.25) is 0 Å². The Morgan fingerprint density at radius 2 is 1.93 bits per heavy atom. The normalized spacial score (nSPS) is 18.7. The van der Waals surface area contributed by atoms with Crippen LogP contribution in [0.3, 0.4) is 0 Å². The quantitative estimate of drug-likeness (QED) is 0.691. The van der Waals surface area contributed by atoms with Gasteiger partial charge >= 0.3 is 6.09 Å². The minimum Gasteiger partial charge on any atom is -0.433 e. The van der Waals surface area contributed by atoms with E-state index in [1.165, 1.54) is 19.3 Å². The van der Waals surface area contributed by atoms with Crippen molar-refractivity contribution in [3.63, 3.8) is 0 Å². The Morgan fingerprint density at radius 1 is 1.22 bits per heavy atom. The Bertz CT molecular complexity index is 810. The lowest BCUT2D eigenvalue weighted by Crippen LogP contribution is -2.52. The van der Waals surface area contributed by atoms with Gasteiger partial charge in [-0.1, -0.05) is 57.2 Å². The van der Waals surface area contributed by atoms with Gasteiger partial charge in [0.25, 0.3) is 5.91 Å². The van der Waals surface area contributed by atoms with E-state index in [1.807, 2.05) is 30.5 Å². The number of hydrogen-bond acceptors (Lipinski definition) is 3. The van der Waals surface area contributed by atoms with Crippen LogP contribution in [-0.4, -0.2) is 22.6 Å². The minimum atomic E-state index is -1.44. The molecule has 1 heterocycles. The van der Waals surface area contributed by atoms with Gasteiger partial charge in [-0.3, -0.25) is 4.79 Å². The SMILES string of the molecule is CC(CC(Cc1c[nH]c2ccccc12)(OC(N)=O)C(N)=O)C1CCCCC1. The zero-order chi connectivity index (χ0) is 19.4. The molecule has 0 spiro atoms. The molecule has 2 atom stereocenters. The number of nitrogens with two attached hydrogens (primary N) is 2. The predicted molar refractivity (Wildman–Crippen MR) is 105 cm³/mol. The highest BCUT2D eigenvalue weighted by Gasteiger charge is 2.43. The number of carbonyl (C=O) groups is 2. The third kappa shape index (κ3) is 4.26. The zero-order valence-corrected chi connectivity index (χ0v) is 15.9. The molecule has 2 aromatic rings. The molecule has 3 rings (SSSR count). The molecule has 2 amide bonds. The summed E-state index contributed by atoms with van der Waals surface area (Å²) in [5.41, 5.74) is 11.5. The fourth-order valence-electron chi connectivity index (χ4n) is 4.56. The van der Waals surface area contributed by atoms with Crippen LogP contribution in [0.5, 0.6) is 0 Å². The first-order chi connectivity index (χ1) is 12.9. The number of primary amides is 2. The number of carbonyl (C=O) groups excluding carboxylic acids is 2. The van der Waals surface area contributed by atoms with Crippen LogP contribution in [0.2, 0.25) is 0 Å². The molecule has 6 nitrogen and oxygen atoms in total. The largest absolute Gasteiger partial charge is 0.433 e. The fraction of sp³-hybridized carbons (Fsp3) is 0.524. The van der Waals surface area contributed by atoms with Crippen LogP contribution in [0, 0.1) is 11.8 Å². The van der Waals surface area contributed by atoms with E-state index in [-0.39, 0.29) is 12.3 Å². The highest BCUT2D eigenvalue weighted by atomic mass is 16.6. The molecule has 2 unspecified atom stereocenters. The number of rotatable bonds is 7. The van der Waals surface area contributed by atoms with Gasteiger partial charge in [0.1, 0.15) is 0 Å². The van der Waals surface area contributed by atoms with Gasteiger partial charge in [-0.05, 0) is 29.9 Å². The van der Waals surface area contributed by atoms with E-state index < -0.39 is 17.6 Å². The van der Waals surface area contributed by atoms with Gasteiger partial charge in [0.05, 0.1) is 0 Å². The van der Waals surface area contributed by atoms with E-state index in [0.29, 0.717) is 12.3 Å². The summed E-state index contributed by atoms with van der Waals surface area (Å²) in [5.74, 6) is 0.0773. The lowest BCUT2D eigenvalue weighted by molar-refractivity contribution is -0.138. The number of benzene rings is 1. The molecule has 0 aliphatic heterocycles. The summed E-state index contributed by atoms with van der Waals surface area (Å²) in [6.45, 7) is 2.12. The highest BCUT2D eigenvalue weighted by molar-refractivity contribution is 5.89. The summed E-state index contributed by atoms with van der Waals surface area (Å²) in [7, 11) is 0. The smallest absolute Gasteiger partial charge is 0.405 e. The molecular formula is C21H29N3O3. The van der Waals surface area contributed by atoms with Crippen LogP contribution in [-0.2, 0) is 16.0 Å². The van der Waals surface area contributed by atoms with Crippen molar-refractivity contribution < 1.29 is 14.3 Å². The maximum absolute atomic E-state index is 12.5. The maximum Gasteiger partial charge on any atom is 0.405 e. The first kappa shape index (κ1) is 19.3. The second-order valence-corrected chi connectivity index (χ2v) is 7.90. The van der Waals surface area contributed by atoms with Crippen molar-refractivity contribution in [3.05, 3.63) is 36.0 Å². The van der Waals surface area contributed by atoms with Crippen molar-refractivity contribution in [2.24, 2.45) is 23.3 Å². The summed E-state index contributed by atoms with van der Waals surface area (Å²) in [6, 6.07) is 7.81. The van der Waals surface area contributed by atoms with Crippen molar-refractivity contribution in [1.29, 1.82) is 0 Å². The average molecular weight is 371 g/mol. The van der Waals surface area contributed by atoms with Gasteiger partial charge in [-0.15, -0.1) is 0 Å². The van der Waals surface area contributed by atoms with Crippen molar-refractivity contribution >= 4 is 22.9 Å². The Morgan fingerprint density at radius 3 is 2.59 bits per heavy atom. The predicted octanol–water partition coefficient (Wildman–Crippen LogP) is 3.64. The number of ether oxygens (including phenoxy) is 1. The van der Waals surface area contributed by atoms with Crippen molar-refractivity contribution in [1.82, 2.24) is 4.98 Å². The van der Waals surface area contributed by atoms with E-state index >= 15 is 0 Å². The number of aromatic amines is 1. The minimum absolute atomic E-state index is 0.211. The standard InChI is InChI=1S/C21H29N3O3/c1-14(15-7-3-2-4-8-15)11-21(19(22)25,27-20(23)26)12-16-13-24-18-10-6-5-9-17(16)18/h5-6,9-10,13-15,24H,2-4,7-8,11-12H2,1H3,(H2,22,25)(H2,23,26). The number of amides is 2. The van der Waals surface area contributed by atoms with Crippen LogP contribution in [0.1, 0.15) is 51.0 Å². The molecule has 1 saturated carbocycles. The number of hydrogen-bond donors (Lipinski definition) is 3. The van der Waals surface area contributed by atoms with Crippen molar-refractivity contribution in [2.75, 3.05) is 0 Å². The molecule has 0 bridgehead atoms. The second kappa shape index (κ2) is 8.03. The Kier molecular flexibility index (Phi) is 5.73.